The van der Waals surface area contributed by atoms with Gasteiger partial charge >= 0.3 is 0 Å². The lowest BCUT2D eigenvalue weighted by Gasteiger charge is -2.54. The molecule has 20 heavy (non-hydrogen) atoms. The van der Waals surface area contributed by atoms with Gasteiger partial charge < -0.3 is 10.1 Å². The number of hydrogen-bond donors (Lipinski definition) is 1. The first kappa shape index (κ1) is 16.3. The van der Waals surface area contributed by atoms with E-state index in [4.69, 9.17) is 4.74 Å². The molecular weight excluding hydrogens is 246 g/mol. The van der Waals surface area contributed by atoms with Crippen LogP contribution in [0.15, 0.2) is 0 Å². The van der Waals surface area contributed by atoms with E-state index in [-0.39, 0.29) is 5.41 Å². The summed E-state index contributed by atoms with van der Waals surface area (Å²) in [6.07, 6.45) is 5.77. The highest BCUT2D eigenvalue weighted by Gasteiger charge is 2.49. The SMILES string of the molecule is CC(C)COC1CC(NC2CCC(C)CC2C)C1(C)C. The Bertz CT molecular complexity index is 313. The molecule has 1 N–H and O–H groups in total. The van der Waals surface area contributed by atoms with Gasteiger partial charge in [-0.15, -0.1) is 0 Å². The van der Waals surface area contributed by atoms with Gasteiger partial charge in [0.2, 0.25) is 0 Å². The van der Waals surface area contributed by atoms with Crippen LogP contribution in [0.2, 0.25) is 0 Å². The topological polar surface area (TPSA) is 21.3 Å². The quantitative estimate of drug-likeness (QED) is 0.814. The van der Waals surface area contributed by atoms with Gasteiger partial charge in [-0.3, -0.25) is 0 Å². The van der Waals surface area contributed by atoms with Crippen molar-refractivity contribution in [2.45, 2.75) is 85.4 Å². The number of rotatable bonds is 5. The Morgan fingerprint density at radius 1 is 1.15 bits per heavy atom. The summed E-state index contributed by atoms with van der Waals surface area (Å²) in [5.41, 5.74) is 0.289. The Kier molecular flexibility index (Phi) is 5.18. The zero-order chi connectivity index (χ0) is 14.9. The van der Waals surface area contributed by atoms with Crippen LogP contribution in [0.4, 0.5) is 0 Å². The average Bonchev–Trinajstić information content (AvgIpc) is 2.34. The molecule has 0 saturated heterocycles. The Hall–Kier alpha value is -0.0800. The summed E-state index contributed by atoms with van der Waals surface area (Å²) in [7, 11) is 0. The molecule has 2 heteroatoms. The smallest absolute Gasteiger partial charge is 0.0656 e. The highest BCUT2D eigenvalue weighted by molar-refractivity contribution is 5.04. The zero-order valence-corrected chi connectivity index (χ0v) is 14.4. The molecular formula is C18H35NO. The van der Waals surface area contributed by atoms with E-state index in [1.165, 1.54) is 25.7 Å². The summed E-state index contributed by atoms with van der Waals surface area (Å²) in [6.45, 7) is 14.9. The molecule has 2 aliphatic carbocycles. The third-order valence-corrected chi connectivity index (χ3v) is 5.66. The molecule has 0 amide bonds. The summed E-state index contributed by atoms with van der Waals surface area (Å²) < 4.78 is 6.08. The minimum atomic E-state index is 0.289. The standard InChI is InChI=1S/C18H35NO/c1-12(2)11-20-17-10-16(18(17,5)6)19-15-8-7-13(3)9-14(15)4/h12-17,19H,7-11H2,1-6H3. The van der Waals surface area contributed by atoms with Crippen molar-refractivity contribution in [1.82, 2.24) is 5.32 Å². The molecule has 2 saturated carbocycles. The molecule has 118 valence electrons. The summed E-state index contributed by atoms with van der Waals surface area (Å²) in [6, 6.07) is 1.36. The van der Waals surface area contributed by atoms with Gasteiger partial charge in [-0.25, -0.2) is 0 Å². The summed E-state index contributed by atoms with van der Waals surface area (Å²) in [5.74, 6) is 2.38. The van der Waals surface area contributed by atoms with Crippen LogP contribution in [0.25, 0.3) is 0 Å². The lowest BCUT2D eigenvalue weighted by molar-refractivity contribution is -0.127. The predicted octanol–water partition coefficient (Wildman–Crippen LogP) is 4.24. The fourth-order valence-electron chi connectivity index (χ4n) is 3.93. The van der Waals surface area contributed by atoms with Crippen LogP contribution in [-0.2, 0) is 4.74 Å². The molecule has 0 spiro atoms. The van der Waals surface area contributed by atoms with Gasteiger partial charge in [0.1, 0.15) is 0 Å². The number of hydrogen-bond acceptors (Lipinski definition) is 2. The molecule has 5 atom stereocenters. The third-order valence-electron chi connectivity index (χ3n) is 5.66. The molecule has 2 rings (SSSR count). The van der Waals surface area contributed by atoms with E-state index in [1.807, 2.05) is 0 Å². The van der Waals surface area contributed by atoms with Gasteiger partial charge in [-0.05, 0) is 43.4 Å². The van der Waals surface area contributed by atoms with E-state index in [2.05, 4.69) is 46.9 Å². The molecule has 0 heterocycles. The second-order valence-electron chi connectivity index (χ2n) is 8.49. The normalized spacial score (nSPS) is 40.6. The second-order valence-corrected chi connectivity index (χ2v) is 8.49. The van der Waals surface area contributed by atoms with Crippen LogP contribution in [0.1, 0.15) is 67.2 Å². The molecule has 5 unspecified atom stereocenters. The first-order chi connectivity index (χ1) is 9.30. The molecule has 0 aliphatic heterocycles. The largest absolute Gasteiger partial charge is 0.377 e. The van der Waals surface area contributed by atoms with Gasteiger partial charge in [-0.1, -0.05) is 41.5 Å². The van der Waals surface area contributed by atoms with Crippen molar-refractivity contribution in [2.75, 3.05) is 6.61 Å². The van der Waals surface area contributed by atoms with Crippen LogP contribution < -0.4 is 5.32 Å². The Morgan fingerprint density at radius 3 is 2.40 bits per heavy atom. The Morgan fingerprint density at radius 2 is 1.85 bits per heavy atom. The summed E-state index contributed by atoms with van der Waals surface area (Å²) in [4.78, 5) is 0. The van der Waals surface area contributed by atoms with Gasteiger partial charge in [0.25, 0.3) is 0 Å². The van der Waals surface area contributed by atoms with Gasteiger partial charge in [0.15, 0.2) is 0 Å². The van der Waals surface area contributed by atoms with E-state index in [9.17, 15) is 0 Å². The maximum absolute atomic E-state index is 6.08. The fraction of sp³-hybridized carbons (Fsp3) is 1.00. The van der Waals surface area contributed by atoms with E-state index < -0.39 is 0 Å². The molecule has 0 aromatic rings. The lowest BCUT2D eigenvalue weighted by Crippen LogP contribution is -2.64. The number of ether oxygens (including phenoxy) is 1. The molecule has 2 aliphatic rings. The van der Waals surface area contributed by atoms with Crippen molar-refractivity contribution in [3.8, 4) is 0 Å². The molecule has 2 nitrogen and oxygen atoms in total. The summed E-state index contributed by atoms with van der Waals surface area (Å²) in [5, 5.41) is 3.95. The monoisotopic (exact) mass is 281 g/mol. The first-order valence-electron chi connectivity index (χ1n) is 8.68. The maximum atomic E-state index is 6.08. The molecule has 0 bridgehead atoms. The minimum Gasteiger partial charge on any atom is -0.377 e. The van der Waals surface area contributed by atoms with Crippen molar-refractivity contribution in [3.63, 3.8) is 0 Å². The van der Waals surface area contributed by atoms with Crippen molar-refractivity contribution in [3.05, 3.63) is 0 Å². The zero-order valence-electron chi connectivity index (χ0n) is 14.4. The van der Waals surface area contributed by atoms with E-state index in [0.29, 0.717) is 18.1 Å². The van der Waals surface area contributed by atoms with Crippen molar-refractivity contribution in [1.29, 1.82) is 0 Å². The maximum Gasteiger partial charge on any atom is 0.0656 e. The van der Waals surface area contributed by atoms with Crippen molar-refractivity contribution >= 4 is 0 Å². The predicted molar refractivity (Wildman–Crippen MR) is 85.9 cm³/mol. The highest BCUT2D eigenvalue weighted by atomic mass is 16.5. The molecule has 0 aromatic heterocycles. The first-order valence-corrected chi connectivity index (χ1v) is 8.68. The van der Waals surface area contributed by atoms with Crippen molar-refractivity contribution in [2.24, 2.45) is 23.2 Å². The van der Waals surface area contributed by atoms with Gasteiger partial charge in [-0.2, -0.15) is 0 Å². The lowest BCUT2D eigenvalue weighted by atomic mass is 9.63. The minimum absolute atomic E-state index is 0.289. The Balaban J connectivity index is 1.80. The van der Waals surface area contributed by atoms with E-state index >= 15 is 0 Å². The molecule has 2 fully saturated rings. The average molecular weight is 281 g/mol. The van der Waals surface area contributed by atoms with E-state index in [1.54, 1.807) is 0 Å². The molecule has 0 radical (unpaired) electrons. The van der Waals surface area contributed by atoms with E-state index in [0.717, 1.165) is 24.5 Å². The van der Waals surface area contributed by atoms with Crippen LogP contribution in [0, 0.1) is 23.2 Å². The van der Waals surface area contributed by atoms with Gasteiger partial charge in [0.05, 0.1) is 6.10 Å². The summed E-state index contributed by atoms with van der Waals surface area (Å²) >= 11 is 0. The van der Waals surface area contributed by atoms with Crippen LogP contribution >= 0.6 is 0 Å². The van der Waals surface area contributed by atoms with Crippen LogP contribution in [0.3, 0.4) is 0 Å². The highest BCUT2D eigenvalue weighted by Crippen LogP contribution is 2.44. The fourth-order valence-corrected chi connectivity index (χ4v) is 3.93. The third kappa shape index (κ3) is 3.57. The second kappa shape index (κ2) is 6.36. The van der Waals surface area contributed by atoms with Crippen LogP contribution in [-0.4, -0.2) is 24.8 Å². The van der Waals surface area contributed by atoms with Crippen LogP contribution in [0.5, 0.6) is 0 Å². The number of nitrogens with one attached hydrogen (secondary N) is 1. The van der Waals surface area contributed by atoms with Crippen molar-refractivity contribution < 1.29 is 4.74 Å². The molecule has 0 aromatic carbocycles. The van der Waals surface area contributed by atoms with Gasteiger partial charge in [0, 0.05) is 24.1 Å². The Labute approximate surface area is 126 Å².